The average molecular weight is 433 g/mol. The van der Waals surface area contributed by atoms with Gasteiger partial charge in [0, 0.05) is 22.9 Å². The maximum atomic E-state index is 13.0. The van der Waals surface area contributed by atoms with Gasteiger partial charge in [0.15, 0.2) is 11.6 Å². The number of phenols is 1. The summed E-state index contributed by atoms with van der Waals surface area (Å²) in [4.78, 5) is 0. The summed E-state index contributed by atoms with van der Waals surface area (Å²) in [5.74, 6) is -0.633. The minimum Gasteiger partial charge on any atom is -0.507 e. The predicted octanol–water partition coefficient (Wildman–Crippen LogP) is 4.89. The molecule has 0 unspecified atom stereocenters. The molecular weight excluding hydrogens is 411 g/mol. The fourth-order valence-electron chi connectivity index (χ4n) is 3.58. The topological polar surface area (TPSA) is 76.5 Å². The fraction of sp³-hybridized carbons (Fsp3) is 0.364. The molecule has 3 aromatic rings. The SMILES string of the molecule is Cc1ccc2c(NC[C@H]3COC(C)(C)O3)nnc(-c3ccc(C(F)(F)F)cc3O)c2c1. The molecule has 6 nitrogen and oxygen atoms in total. The minimum atomic E-state index is -4.55. The van der Waals surface area contributed by atoms with E-state index in [4.69, 9.17) is 9.47 Å². The number of anilines is 1. The second-order valence-electron chi connectivity index (χ2n) is 8.01. The Morgan fingerprint density at radius 2 is 1.90 bits per heavy atom. The van der Waals surface area contributed by atoms with E-state index >= 15 is 0 Å². The quantitative estimate of drug-likeness (QED) is 0.610. The molecule has 0 bridgehead atoms. The highest BCUT2D eigenvalue weighted by Crippen LogP contribution is 2.39. The third-order valence-electron chi connectivity index (χ3n) is 5.08. The van der Waals surface area contributed by atoms with E-state index < -0.39 is 23.3 Å². The summed E-state index contributed by atoms with van der Waals surface area (Å²) in [6.07, 6.45) is -4.70. The van der Waals surface area contributed by atoms with Gasteiger partial charge in [-0.15, -0.1) is 10.2 Å². The molecule has 0 aliphatic carbocycles. The molecule has 2 aromatic carbocycles. The number of phenolic OH excluding ortho intramolecular Hbond substituents is 1. The van der Waals surface area contributed by atoms with Gasteiger partial charge in [0.05, 0.1) is 12.2 Å². The van der Waals surface area contributed by atoms with Gasteiger partial charge in [0.2, 0.25) is 0 Å². The number of hydrogen-bond acceptors (Lipinski definition) is 6. The van der Waals surface area contributed by atoms with Crippen LogP contribution >= 0.6 is 0 Å². The molecule has 0 saturated carbocycles. The van der Waals surface area contributed by atoms with Crippen molar-refractivity contribution < 1.29 is 27.8 Å². The lowest BCUT2D eigenvalue weighted by Gasteiger charge is -2.18. The molecule has 164 valence electrons. The second-order valence-corrected chi connectivity index (χ2v) is 8.01. The highest BCUT2D eigenvalue weighted by Gasteiger charge is 2.33. The number of alkyl halides is 3. The van der Waals surface area contributed by atoms with Gasteiger partial charge in [-0.05, 0) is 45.0 Å². The van der Waals surface area contributed by atoms with Crippen molar-refractivity contribution in [3.63, 3.8) is 0 Å². The van der Waals surface area contributed by atoms with E-state index in [9.17, 15) is 18.3 Å². The van der Waals surface area contributed by atoms with E-state index in [0.717, 1.165) is 17.0 Å². The lowest BCUT2D eigenvalue weighted by Crippen LogP contribution is -2.26. The van der Waals surface area contributed by atoms with Gasteiger partial charge in [0.25, 0.3) is 0 Å². The molecule has 31 heavy (non-hydrogen) atoms. The standard InChI is InChI=1S/C22H22F3N3O3/c1-12-4-6-15-17(8-12)19(16-7-5-13(9-18(16)29)22(23,24)25)27-28-20(15)26-10-14-11-30-21(2,3)31-14/h4-9,14,29H,10-11H2,1-3H3,(H,26,28)/t14-/m0/s1. The van der Waals surface area contributed by atoms with E-state index in [1.54, 1.807) is 0 Å². The first-order valence-corrected chi connectivity index (χ1v) is 9.77. The van der Waals surface area contributed by atoms with Crippen LogP contribution in [0.2, 0.25) is 0 Å². The van der Waals surface area contributed by atoms with Gasteiger partial charge in [-0.3, -0.25) is 0 Å². The molecule has 2 N–H and O–H groups in total. The van der Waals surface area contributed by atoms with E-state index in [1.165, 1.54) is 6.07 Å². The van der Waals surface area contributed by atoms with Crippen LogP contribution in [0.1, 0.15) is 25.0 Å². The predicted molar refractivity (Wildman–Crippen MR) is 110 cm³/mol. The van der Waals surface area contributed by atoms with Crippen molar-refractivity contribution in [3.8, 4) is 17.0 Å². The van der Waals surface area contributed by atoms with Gasteiger partial charge >= 0.3 is 6.18 Å². The number of hydrogen-bond donors (Lipinski definition) is 2. The zero-order chi connectivity index (χ0) is 22.4. The Balaban J connectivity index is 1.70. The first kappa shape index (κ1) is 21.3. The third-order valence-corrected chi connectivity index (χ3v) is 5.08. The van der Waals surface area contributed by atoms with Gasteiger partial charge in [0.1, 0.15) is 17.5 Å². The molecule has 9 heteroatoms. The average Bonchev–Trinajstić information content (AvgIpc) is 3.04. The number of aromatic nitrogens is 2. The number of nitrogens with zero attached hydrogens (tertiary/aromatic N) is 2. The van der Waals surface area contributed by atoms with Crippen LogP contribution in [0.5, 0.6) is 5.75 Å². The van der Waals surface area contributed by atoms with Crippen molar-refractivity contribution in [1.82, 2.24) is 10.2 Å². The Labute approximate surface area is 177 Å². The van der Waals surface area contributed by atoms with Crippen LogP contribution in [0, 0.1) is 6.92 Å². The van der Waals surface area contributed by atoms with Crippen LogP contribution in [0.25, 0.3) is 22.0 Å². The number of rotatable bonds is 4. The van der Waals surface area contributed by atoms with Crippen LogP contribution in [0.3, 0.4) is 0 Å². The molecule has 1 saturated heterocycles. The van der Waals surface area contributed by atoms with Crippen LogP contribution < -0.4 is 5.32 Å². The number of aryl methyl sites for hydroxylation is 1. The summed E-state index contributed by atoms with van der Waals surface area (Å²) in [7, 11) is 0. The van der Waals surface area contributed by atoms with Crippen LogP contribution in [0.15, 0.2) is 36.4 Å². The van der Waals surface area contributed by atoms with E-state index in [2.05, 4.69) is 15.5 Å². The summed E-state index contributed by atoms with van der Waals surface area (Å²) in [5, 5.41) is 23.4. The van der Waals surface area contributed by atoms with Crippen molar-refractivity contribution in [3.05, 3.63) is 47.5 Å². The smallest absolute Gasteiger partial charge is 0.416 e. The maximum absolute atomic E-state index is 13.0. The molecular formula is C22H22F3N3O3. The number of benzene rings is 2. The summed E-state index contributed by atoms with van der Waals surface area (Å²) in [5.41, 5.74) is 0.490. The molecule has 1 aromatic heterocycles. The molecule has 0 radical (unpaired) electrons. The van der Waals surface area contributed by atoms with E-state index in [1.807, 2.05) is 39.0 Å². The van der Waals surface area contributed by atoms with Crippen molar-refractivity contribution in [2.45, 2.75) is 38.8 Å². The molecule has 0 spiro atoms. The number of ether oxygens (including phenoxy) is 2. The monoisotopic (exact) mass is 433 g/mol. The highest BCUT2D eigenvalue weighted by molar-refractivity contribution is 6.01. The molecule has 1 atom stereocenters. The molecule has 2 heterocycles. The van der Waals surface area contributed by atoms with Gasteiger partial charge in [-0.2, -0.15) is 13.2 Å². The summed E-state index contributed by atoms with van der Waals surface area (Å²) in [6.45, 7) is 6.48. The number of nitrogens with one attached hydrogen (secondary N) is 1. The Bertz CT molecular complexity index is 1130. The lowest BCUT2D eigenvalue weighted by atomic mass is 10.0. The first-order chi connectivity index (χ1) is 14.5. The number of fused-ring (bicyclic) bond motifs is 1. The molecule has 1 fully saturated rings. The van der Waals surface area contributed by atoms with E-state index in [0.29, 0.717) is 36.1 Å². The van der Waals surface area contributed by atoms with Crippen LogP contribution in [-0.4, -0.2) is 40.3 Å². The number of halogens is 3. The fourth-order valence-corrected chi connectivity index (χ4v) is 3.58. The highest BCUT2D eigenvalue weighted by atomic mass is 19.4. The van der Waals surface area contributed by atoms with Crippen LogP contribution in [0.4, 0.5) is 19.0 Å². The van der Waals surface area contributed by atoms with Gasteiger partial charge in [-0.1, -0.05) is 17.7 Å². The molecule has 1 aliphatic heterocycles. The Kier molecular flexibility index (Phi) is 5.26. The van der Waals surface area contributed by atoms with Crippen molar-refractivity contribution >= 4 is 16.6 Å². The second kappa shape index (κ2) is 7.65. The minimum absolute atomic E-state index is 0.157. The Hall–Kier alpha value is -2.91. The van der Waals surface area contributed by atoms with Crippen molar-refractivity contribution in [2.24, 2.45) is 0 Å². The largest absolute Gasteiger partial charge is 0.507 e. The molecule has 0 amide bonds. The zero-order valence-corrected chi connectivity index (χ0v) is 17.2. The van der Waals surface area contributed by atoms with Crippen molar-refractivity contribution in [2.75, 3.05) is 18.5 Å². The van der Waals surface area contributed by atoms with Crippen LogP contribution in [-0.2, 0) is 15.7 Å². The maximum Gasteiger partial charge on any atom is 0.416 e. The molecule has 1 aliphatic rings. The zero-order valence-electron chi connectivity index (χ0n) is 17.2. The van der Waals surface area contributed by atoms with E-state index in [-0.39, 0.29) is 11.7 Å². The molecule has 4 rings (SSSR count). The number of aromatic hydroxyl groups is 1. The Morgan fingerprint density at radius 1 is 1.13 bits per heavy atom. The van der Waals surface area contributed by atoms with Gasteiger partial charge in [-0.25, -0.2) is 0 Å². The van der Waals surface area contributed by atoms with Gasteiger partial charge < -0.3 is 19.9 Å². The summed E-state index contributed by atoms with van der Waals surface area (Å²) < 4.78 is 50.2. The first-order valence-electron chi connectivity index (χ1n) is 9.77. The normalized spacial score (nSPS) is 18.5. The Morgan fingerprint density at radius 3 is 2.55 bits per heavy atom. The van der Waals surface area contributed by atoms with Crippen molar-refractivity contribution in [1.29, 1.82) is 0 Å². The lowest BCUT2D eigenvalue weighted by molar-refractivity contribution is -0.138. The third kappa shape index (κ3) is 4.42. The summed E-state index contributed by atoms with van der Waals surface area (Å²) >= 11 is 0. The summed E-state index contributed by atoms with van der Waals surface area (Å²) in [6, 6.07) is 8.46.